The lowest BCUT2D eigenvalue weighted by molar-refractivity contribution is -0.0483. The maximum Gasteiger partial charge on any atom is 0.407 e. The van der Waals surface area contributed by atoms with Crippen LogP contribution in [-0.2, 0) is 22.7 Å². The Morgan fingerprint density at radius 1 is 0.884 bits per heavy atom. The number of hydrogen-bond donors (Lipinski definition) is 2. The zero-order valence-corrected chi connectivity index (χ0v) is 24.4. The van der Waals surface area contributed by atoms with E-state index in [9.17, 15) is 15.0 Å². The van der Waals surface area contributed by atoms with Gasteiger partial charge >= 0.3 is 6.09 Å². The zero-order chi connectivity index (χ0) is 30.0. The molecule has 4 aromatic carbocycles. The molecule has 8 nitrogen and oxygen atoms in total. The second-order valence-corrected chi connectivity index (χ2v) is 10.8. The minimum absolute atomic E-state index is 0.141. The maximum absolute atomic E-state index is 11.9. The van der Waals surface area contributed by atoms with Crippen LogP contribution in [0.4, 0.5) is 4.79 Å². The number of amides is 1. The molecule has 1 heterocycles. The second kappa shape index (κ2) is 14.9. The van der Waals surface area contributed by atoms with Crippen molar-refractivity contribution in [3.05, 3.63) is 108 Å². The number of carboxylic acid groups (broad SMARTS) is 1. The van der Waals surface area contributed by atoms with E-state index in [2.05, 4.69) is 24.3 Å². The predicted molar refractivity (Wildman–Crippen MR) is 165 cm³/mol. The molecule has 5 rings (SSSR count). The Balaban J connectivity index is 1.18. The molecule has 2 N–H and O–H groups in total. The standard InChI is InChI=1S/C35H39NO7/c1-40-32-10-5-4-9-29(32)24-41-17-6-18-42-31-15-13-27(14-16-31)34-30(22-37)20-36(35(38)39)21-33(34)43-23-25-11-12-26-7-2-3-8-28(26)19-25/h2-5,7-16,19,30,33-34,37H,6,17-18,20-24H2,1H3,(H,38,39). The second-order valence-electron chi connectivity index (χ2n) is 10.8. The van der Waals surface area contributed by atoms with E-state index in [0.717, 1.165) is 45.4 Å². The number of para-hydroxylation sites is 1. The van der Waals surface area contributed by atoms with Crippen molar-refractivity contribution < 1.29 is 34.0 Å². The third-order valence-corrected chi connectivity index (χ3v) is 7.96. The van der Waals surface area contributed by atoms with Gasteiger partial charge in [0.05, 0.1) is 46.2 Å². The molecule has 8 heteroatoms. The molecular weight excluding hydrogens is 546 g/mol. The number of ether oxygens (including phenoxy) is 4. The zero-order valence-electron chi connectivity index (χ0n) is 24.4. The van der Waals surface area contributed by atoms with Crippen molar-refractivity contribution in [2.45, 2.75) is 31.7 Å². The van der Waals surface area contributed by atoms with Gasteiger partial charge < -0.3 is 34.1 Å². The van der Waals surface area contributed by atoms with Gasteiger partial charge in [-0.2, -0.15) is 0 Å². The SMILES string of the molecule is COc1ccccc1COCCCOc1ccc(C2C(CO)CN(C(=O)O)CC2OCc2ccc3ccccc3c2)cc1. The summed E-state index contributed by atoms with van der Waals surface area (Å²) in [5, 5.41) is 22.3. The highest BCUT2D eigenvalue weighted by Crippen LogP contribution is 2.36. The van der Waals surface area contributed by atoms with Crippen LogP contribution in [0.25, 0.3) is 10.8 Å². The Labute approximate surface area is 252 Å². The largest absolute Gasteiger partial charge is 0.496 e. The molecule has 0 saturated carbocycles. The number of fused-ring (bicyclic) bond motifs is 1. The van der Waals surface area contributed by atoms with Crippen molar-refractivity contribution in [3.8, 4) is 11.5 Å². The maximum atomic E-state index is 11.9. The van der Waals surface area contributed by atoms with E-state index in [-0.39, 0.29) is 31.5 Å². The number of methoxy groups -OCH3 is 1. The van der Waals surface area contributed by atoms with Gasteiger partial charge in [-0.1, -0.05) is 66.7 Å². The Morgan fingerprint density at radius 3 is 2.42 bits per heavy atom. The number of hydrogen-bond acceptors (Lipinski definition) is 6. The number of rotatable bonds is 13. The van der Waals surface area contributed by atoms with E-state index in [1.54, 1.807) is 7.11 Å². The van der Waals surface area contributed by atoms with Crippen molar-refractivity contribution in [3.63, 3.8) is 0 Å². The highest BCUT2D eigenvalue weighted by Gasteiger charge is 2.40. The van der Waals surface area contributed by atoms with Gasteiger partial charge in [0, 0.05) is 37.0 Å². The van der Waals surface area contributed by atoms with E-state index >= 15 is 0 Å². The van der Waals surface area contributed by atoms with E-state index in [4.69, 9.17) is 18.9 Å². The Morgan fingerprint density at radius 2 is 1.65 bits per heavy atom. The van der Waals surface area contributed by atoms with Crippen molar-refractivity contribution in [1.82, 2.24) is 4.90 Å². The molecule has 1 amide bonds. The summed E-state index contributed by atoms with van der Waals surface area (Å²) in [5.41, 5.74) is 3.01. The van der Waals surface area contributed by atoms with Gasteiger partial charge in [0.1, 0.15) is 11.5 Å². The van der Waals surface area contributed by atoms with Crippen LogP contribution in [0.3, 0.4) is 0 Å². The third-order valence-electron chi connectivity index (χ3n) is 7.96. The summed E-state index contributed by atoms with van der Waals surface area (Å²) in [6.07, 6.45) is -0.686. The molecule has 1 saturated heterocycles. The van der Waals surface area contributed by atoms with Crippen LogP contribution < -0.4 is 9.47 Å². The lowest BCUT2D eigenvalue weighted by Gasteiger charge is -2.42. The first-order valence-electron chi connectivity index (χ1n) is 14.7. The van der Waals surface area contributed by atoms with Gasteiger partial charge in [0.15, 0.2) is 0 Å². The number of nitrogens with zero attached hydrogens (tertiary/aromatic N) is 1. The van der Waals surface area contributed by atoms with E-state index in [0.29, 0.717) is 26.4 Å². The number of aliphatic hydroxyl groups is 1. The Hall–Kier alpha value is -4.11. The molecule has 3 unspecified atom stereocenters. The smallest absolute Gasteiger partial charge is 0.407 e. The summed E-state index contributed by atoms with van der Waals surface area (Å²) in [6, 6.07) is 30.0. The summed E-state index contributed by atoms with van der Waals surface area (Å²) in [4.78, 5) is 13.2. The highest BCUT2D eigenvalue weighted by atomic mass is 16.5. The van der Waals surface area contributed by atoms with Gasteiger partial charge in [0.25, 0.3) is 0 Å². The summed E-state index contributed by atoms with van der Waals surface area (Å²) < 4.78 is 23.5. The minimum atomic E-state index is -1.01. The van der Waals surface area contributed by atoms with Crippen molar-refractivity contribution >= 4 is 16.9 Å². The van der Waals surface area contributed by atoms with E-state index in [1.165, 1.54) is 4.90 Å². The number of likely N-dealkylation sites (tertiary alicyclic amines) is 1. The van der Waals surface area contributed by atoms with E-state index < -0.39 is 12.2 Å². The lowest BCUT2D eigenvalue weighted by Crippen LogP contribution is -2.51. The minimum Gasteiger partial charge on any atom is -0.496 e. The Kier molecular flexibility index (Phi) is 10.5. The number of piperidine rings is 1. The van der Waals surface area contributed by atoms with Crippen molar-refractivity contribution in [2.75, 3.05) is 40.0 Å². The van der Waals surface area contributed by atoms with Crippen LogP contribution in [0.2, 0.25) is 0 Å². The predicted octanol–water partition coefficient (Wildman–Crippen LogP) is 6.11. The first-order chi connectivity index (χ1) is 21.1. The lowest BCUT2D eigenvalue weighted by atomic mass is 9.79. The highest BCUT2D eigenvalue weighted by molar-refractivity contribution is 5.82. The molecule has 226 valence electrons. The van der Waals surface area contributed by atoms with Crippen LogP contribution in [0, 0.1) is 5.92 Å². The molecule has 0 spiro atoms. The molecule has 0 aromatic heterocycles. The average Bonchev–Trinajstić information content (AvgIpc) is 3.05. The molecule has 43 heavy (non-hydrogen) atoms. The molecule has 1 aliphatic heterocycles. The van der Waals surface area contributed by atoms with Gasteiger partial charge in [-0.05, 0) is 46.2 Å². The fourth-order valence-corrected chi connectivity index (χ4v) is 5.75. The fraction of sp³-hybridized carbons (Fsp3) is 0.343. The van der Waals surface area contributed by atoms with Gasteiger partial charge in [-0.3, -0.25) is 0 Å². The van der Waals surface area contributed by atoms with Crippen LogP contribution in [-0.4, -0.2) is 67.3 Å². The number of carbonyl (C=O) groups is 1. The molecule has 0 aliphatic carbocycles. The molecule has 1 aliphatic rings. The average molecular weight is 586 g/mol. The Bertz CT molecular complexity index is 1470. The third kappa shape index (κ3) is 7.84. The van der Waals surface area contributed by atoms with Crippen LogP contribution in [0.5, 0.6) is 11.5 Å². The van der Waals surface area contributed by atoms with Crippen LogP contribution in [0.15, 0.2) is 91.0 Å². The summed E-state index contributed by atoms with van der Waals surface area (Å²) in [7, 11) is 1.65. The monoisotopic (exact) mass is 585 g/mol. The van der Waals surface area contributed by atoms with Gasteiger partial charge in [0.2, 0.25) is 0 Å². The van der Waals surface area contributed by atoms with Gasteiger partial charge in [-0.25, -0.2) is 4.79 Å². The number of benzene rings is 4. The van der Waals surface area contributed by atoms with E-state index in [1.807, 2.05) is 66.7 Å². The molecule has 1 fully saturated rings. The molecule has 3 atom stereocenters. The first kappa shape index (κ1) is 30.4. The van der Waals surface area contributed by atoms with Crippen LogP contribution >= 0.6 is 0 Å². The number of aliphatic hydroxyl groups excluding tert-OH is 1. The first-order valence-corrected chi connectivity index (χ1v) is 14.7. The molecule has 0 radical (unpaired) electrons. The summed E-state index contributed by atoms with van der Waals surface area (Å²) in [6.45, 7) is 2.24. The van der Waals surface area contributed by atoms with Gasteiger partial charge in [-0.15, -0.1) is 0 Å². The summed E-state index contributed by atoms with van der Waals surface area (Å²) in [5.74, 6) is 1.10. The topological polar surface area (TPSA) is 97.7 Å². The molecule has 4 aromatic rings. The van der Waals surface area contributed by atoms with Crippen molar-refractivity contribution in [2.24, 2.45) is 5.92 Å². The molecular formula is C35H39NO7. The fourth-order valence-electron chi connectivity index (χ4n) is 5.75. The normalized spacial score (nSPS) is 18.5. The molecule has 0 bridgehead atoms. The quantitative estimate of drug-likeness (QED) is 0.183. The summed E-state index contributed by atoms with van der Waals surface area (Å²) >= 11 is 0. The van der Waals surface area contributed by atoms with Crippen molar-refractivity contribution in [1.29, 1.82) is 0 Å². The van der Waals surface area contributed by atoms with Crippen LogP contribution in [0.1, 0.15) is 29.0 Å².